The molecule has 1 aromatic carbocycles. The third-order valence-corrected chi connectivity index (χ3v) is 3.62. The van der Waals surface area contributed by atoms with Crippen molar-refractivity contribution in [2.24, 2.45) is 0 Å². The van der Waals surface area contributed by atoms with Crippen molar-refractivity contribution in [3.8, 4) is 11.5 Å². The highest BCUT2D eigenvalue weighted by Crippen LogP contribution is 2.24. The molecule has 5 nitrogen and oxygen atoms in total. The van der Waals surface area contributed by atoms with Crippen LogP contribution in [0.1, 0.15) is 0 Å². The van der Waals surface area contributed by atoms with Crippen LogP contribution in [0.5, 0.6) is 0 Å². The van der Waals surface area contributed by atoms with Crippen molar-refractivity contribution in [1.82, 2.24) is 9.97 Å². The molecule has 1 saturated heterocycles. The summed E-state index contributed by atoms with van der Waals surface area (Å²) in [7, 11) is 0. The van der Waals surface area contributed by atoms with Crippen LogP contribution >= 0.6 is 0 Å². The number of anilines is 1. The van der Waals surface area contributed by atoms with Crippen LogP contribution in [0.2, 0.25) is 0 Å². The molecular weight excluding hydrogens is 266 g/mol. The Morgan fingerprint density at radius 1 is 1.00 bits per heavy atom. The molecule has 0 radical (unpaired) electrons. The minimum atomic E-state index is 0.609. The van der Waals surface area contributed by atoms with Gasteiger partial charge in [0, 0.05) is 19.3 Å². The van der Waals surface area contributed by atoms with Gasteiger partial charge < -0.3 is 14.1 Å². The SMILES string of the molecule is c1ccc2oc(-c3ccc(N4CCOCC4)nc3)nc2c1. The lowest BCUT2D eigenvalue weighted by molar-refractivity contribution is 0.122. The van der Waals surface area contributed by atoms with Gasteiger partial charge >= 0.3 is 0 Å². The number of morpholine rings is 1. The van der Waals surface area contributed by atoms with E-state index < -0.39 is 0 Å². The highest BCUT2D eigenvalue weighted by atomic mass is 16.5. The summed E-state index contributed by atoms with van der Waals surface area (Å²) >= 11 is 0. The van der Waals surface area contributed by atoms with Crippen molar-refractivity contribution < 1.29 is 9.15 Å². The molecule has 0 saturated carbocycles. The molecule has 0 bridgehead atoms. The second-order valence-corrected chi connectivity index (χ2v) is 4.99. The Bertz CT molecular complexity index is 713. The molecule has 0 aliphatic carbocycles. The molecular formula is C16H15N3O2. The van der Waals surface area contributed by atoms with Crippen LogP contribution in [0, 0.1) is 0 Å². The Morgan fingerprint density at radius 2 is 1.86 bits per heavy atom. The van der Waals surface area contributed by atoms with Gasteiger partial charge in [-0.2, -0.15) is 0 Å². The van der Waals surface area contributed by atoms with Crippen molar-refractivity contribution in [1.29, 1.82) is 0 Å². The second kappa shape index (κ2) is 5.18. The number of para-hydroxylation sites is 2. The van der Waals surface area contributed by atoms with E-state index in [1.54, 1.807) is 0 Å². The number of oxazole rings is 1. The van der Waals surface area contributed by atoms with E-state index in [0.717, 1.165) is 48.8 Å². The summed E-state index contributed by atoms with van der Waals surface area (Å²) in [5.74, 6) is 1.58. The summed E-state index contributed by atoms with van der Waals surface area (Å²) in [6, 6.07) is 11.8. The number of rotatable bonds is 2. The van der Waals surface area contributed by atoms with Gasteiger partial charge in [-0.15, -0.1) is 0 Å². The molecule has 0 amide bonds. The lowest BCUT2D eigenvalue weighted by Gasteiger charge is -2.27. The third-order valence-electron chi connectivity index (χ3n) is 3.62. The smallest absolute Gasteiger partial charge is 0.228 e. The van der Waals surface area contributed by atoms with Crippen LogP contribution < -0.4 is 4.90 Å². The van der Waals surface area contributed by atoms with Crippen LogP contribution in [-0.4, -0.2) is 36.3 Å². The van der Waals surface area contributed by atoms with E-state index in [-0.39, 0.29) is 0 Å². The minimum absolute atomic E-state index is 0.609. The molecule has 1 aliphatic heterocycles. The predicted molar refractivity (Wildman–Crippen MR) is 80.3 cm³/mol. The van der Waals surface area contributed by atoms with Gasteiger partial charge in [0.25, 0.3) is 0 Å². The van der Waals surface area contributed by atoms with Crippen LogP contribution in [0.15, 0.2) is 47.0 Å². The molecule has 21 heavy (non-hydrogen) atoms. The molecule has 5 heteroatoms. The number of hydrogen-bond acceptors (Lipinski definition) is 5. The number of aromatic nitrogens is 2. The zero-order valence-electron chi connectivity index (χ0n) is 11.5. The summed E-state index contributed by atoms with van der Waals surface area (Å²) in [6.45, 7) is 3.29. The largest absolute Gasteiger partial charge is 0.436 e. The fraction of sp³-hybridized carbons (Fsp3) is 0.250. The number of ether oxygens (including phenoxy) is 1. The van der Waals surface area contributed by atoms with E-state index in [0.29, 0.717) is 5.89 Å². The topological polar surface area (TPSA) is 51.4 Å². The first-order valence-electron chi connectivity index (χ1n) is 7.05. The summed E-state index contributed by atoms with van der Waals surface area (Å²) in [6.07, 6.45) is 1.81. The van der Waals surface area contributed by atoms with Crippen molar-refractivity contribution in [3.63, 3.8) is 0 Å². The number of hydrogen-bond donors (Lipinski definition) is 0. The molecule has 0 spiro atoms. The highest BCUT2D eigenvalue weighted by molar-refractivity contribution is 5.75. The maximum atomic E-state index is 5.75. The van der Waals surface area contributed by atoms with Gasteiger partial charge in [-0.1, -0.05) is 12.1 Å². The quantitative estimate of drug-likeness (QED) is 0.723. The van der Waals surface area contributed by atoms with E-state index in [9.17, 15) is 0 Å². The zero-order chi connectivity index (χ0) is 14.1. The average Bonchev–Trinajstić information content (AvgIpc) is 3.00. The Labute approximate surface area is 122 Å². The monoisotopic (exact) mass is 281 g/mol. The highest BCUT2D eigenvalue weighted by Gasteiger charge is 2.13. The first kappa shape index (κ1) is 12.3. The van der Waals surface area contributed by atoms with E-state index in [2.05, 4.69) is 14.9 Å². The lowest BCUT2D eigenvalue weighted by Crippen LogP contribution is -2.36. The lowest BCUT2D eigenvalue weighted by atomic mass is 10.2. The number of pyridine rings is 1. The van der Waals surface area contributed by atoms with Gasteiger partial charge in [0.1, 0.15) is 11.3 Å². The van der Waals surface area contributed by atoms with E-state index in [4.69, 9.17) is 9.15 Å². The maximum absolute atomic E-state index is 5.75. The zero-order valence-corrected chi connectivity index (χ0v) is 11.5. The van der Waals surface area contributed by atoms with Crippen molar-refractivity contribution >= 4 is 16.9 Å². The normalized spacial score (nSPS) is 15.5. The molecule has 3 heterocycles. The minimum Gasteiger partial charge on any atom is -0.436 e. The Balaban J connectivity index is 1.63. The van der Waals surface area contributed by atoms with Crippen molar-refractivity contribution in [3.05, 3.63) is 42.6 Å². The molecule has 1 aliphatic rings. The first-order chi connectivity index (χ1) is 10.4. The summed E-state index contributed by atoms with van der Waals surface area (Å²) in [5, 5.41) is 0. The Hall–Kier alpha value is -2.40. The molecule has 1 fully saturated rings. The van der Waals surface area contributed by atoms with Gasteiger partial charge in [0.2, 0.25) is 5.89 Å². The number of benzene rings is 1. The van der Waals surface area contributed by atoms with E-state index >= 15 is 0 Å². The maximum Gasteiger partial charge on any atom is 0.228 e. The third kappa shape index (κ3) is 2.36. The van der Waals surface area contributed by atoms with Crippen molar-refractivity contribution in [2.45, 2.75) is 0 Å². The first-order valence-corrected chi connectivity index (χ1v) is 7.05. The summed E-state index contributed by atoms with van der Waals surface area (Å²) in [5.41, 5.74) is 2.55. The van der Waals surface area contributed by atoms with Gasteiger partial charge in [-0.05, 0) is 24.3 Å². The van der Waals surface area contributed by atoms with Crippen LogP contribution in [-0.2, 0) is 4.74 Å². The summed E-state index contributed by atoms with van der Waals surface area (Å²) in [4.78, 5) is 11.2. The van der Waals surface area contributed by atoms with Gasteiger partial charge in [0.15, 0.2) is 5.58 Å². The number of fused-ring (bicyclic) bond motifs is 1. The molecule has 0 atom stereocenters. The van der Waals surface area contributed by atoms with Gasteiger partial charge in [0.05, 0.1) is 18.8 Å². The predicted octanol–water partition coefficient (Wildman–Crippen LogP) is 2.73. The van der Waals surface area contributed by atoms with Crippen LogP contribution in [0.25, 0.3) is 22.6 Å². The fourth-order valence-electron chi connectivity index (χ4n) is 2.49. The Morgan fingerprint density at radius 3 is 2.62 bits per heavy atom. The molecule has 4 rings (SSSR count). The standard InChI is InChI=1S/C16H15N3O2/c1-2-4-14-13(3-1)18-16(21-14)12-5-6-15(17-11-12)19-7-9-20-10-8-19/h1-6,11H,7-10H2. The van der Waals surface area contributed by atoms with Crippen molar-refractivity contribution in [2.75, 3.05) is 31.2 Å². The molecule has 3 aromatic rings. The van der Waals surface area contributed by atoms with Crippen LogP contribution in [0.4, 0.5) is 5.82 Å². The molecule has 2 aromatic heterocycles. The molecule has 0 unspecified atom stereocenters. The second-order valence-electron chi connectivity index (χ2n) is 4.99. The van der Waals surface area contributed by atoms with E-state index in [1.165, 1.54) is 0 Å². The molecule has 106 valence electrons. The number of nitrogens with zero attached hydrogens (tertiary/aromatic N) is 3. The van der Waals surface area contributed by atoms with E-state index in [1.807, 2.05) is 42.6 Å². The average molecular weight is 281 g/mol. The molecule has 0 N–H and O–H groups in total. The van der Waals surface area contributed by atoms with Crippen LogP contribution in [0.3, 0.4) is 0 Å². The van der Waals surface area contributed by atoms with Gasteiger partial charge in [-0.25, -0.2) is 9.97 Å². The Kier molecular flexibility index (Phi) is 3.05. The fourth-order valence-corrected chi connectivity index (χ4v) is 2.49. The van der Waals surface area contributed by atoms with Gasteiger partial charge in [-0.3, -0.25) is 0 Å². The summed E-state index contributed by atoms with van der Waals surface area (Å²) < 4.78 is 11.1.